The average molecular weight is 678 g/mol. The van der Waals surface area contributed by atoms with Crippen molar-refractivity contribution in [1.29, 1.82) is 0 Å². The zero-order chi connectivity index (χ0) is 34.5. The molecule has 0 radical (unpaired) electrons. The van der Waals surface area contributed by atoms with E-state index in [-0.39, 0.29) is 30.1 Å². The molecule has 0 unspecified atom stereocenters. The minimum absolute atomic E-state index is 0.0251. The predicted molar refractivity (Wildman–Crippen MR) is 192 cm³/mol. The minimum atomic E-state index is -0.705. The summed E-state index contributed by atoms with van der Waals surface area (Å²) < 4.78 is 9.35. The van der Waals surface area contributed by atoms with Gasteiger partial charge in [-0.2, -0.15) is 0 Å². The second kappa shape index (κ2) is 18.1. The lowest BCUT2D eigenvalue weighted by Gasteiger charge is -2.36. The van der Waals surface area contributed by atoms with Gasteiger partial charge in [-0.05, 0) is 68.0 Å². The second-order valence-electron chi connectivity index (χ2n) is 13.6. The van der Waals surface area contributed by atoms with Crippen LogP contribution in [0.15, 0.2) is 59.0 Å². The molecule has 10 nitrogen and oxygen atoms in total. The van der Waals surface area contributed by atoms with E-state index >= 15 is 0 Å². The molecule has 1 aliphatic heterocycles. The Morgan fingerprint density at radius 1 is 0.896 bits per heavy atom. The van der Waals surface area contributed by atoms with Gasteiger partial charge in [0.1, 0.15) is 11.6 Å². The predicted octanol–water partition coefficient (Wildman–Crippen LogP) is 5.75. The molecule has 2 aromatic rings. The first-order chi connectivity index (χ1) is 23.0. The van der Waals surface area contributed by atoms with Crippen molar-refractivity contribution >= 4 is 45.5 Å². The van der Waals surface area contributed by atoms with Gasteiger partial charge in [0.15, 0.2) is 0 Å². The topological polar surface area (TPSA) is 120 Å². The fraction of sp³-hybridized carbons (Fsp3) is 0.541. The first-order valence-electron chi connectivity index (χ1n) is 17.2. The number of carbonyl (C=O) groups is 4. The van der Waals surface area contributed by atoms with Crippen LogP contribution in [0.3, 0.4) is 0 Å². The zero-order valence-corrected chi connectivity index (χ0v) is 29.7. The van der Waals surface area contributed by atoms with Gasteiger partial charge in [-0.3, -0.25) is 19.3 Å². The molecule has 11 heteroatoms. The first-order valence-corrected chi connectivity index (χ1v) is 18.0. The molecule has 2 aliphatic rings. The summed E-state index contributed by atoms with van der Waals surface area (Å²) in [6.07, 6.45) is 6.00. The Hall–Kier alpha value is -3.83. The van der Waals surface area contributed by atoms with Crippen molar-refractivity contribution in [3.05, 3.63) is 65.7 Å². The number of carbonyl (C=O) groups excluding carboxylic acids is 4. The van der Waals surface area contributed by atoms with E-state index in [2.05, 4.69) is 32.0 Å². The molecule has 260 valence electrons. The largest absolute Gasteiger partial charge is 0.444 e. The SMILES string of the molecule is CCC(=O)N[C@H](Cc1ccc(NC(=O)C(=S=NC(=O)OC(C)(C)C)C2CCCCCC2)cc1)C(=O)N1CCN(Cc2ccccc2)CC1. The van der Waals surface area contributed by atoms with Crippen LogP contribution >= 0.6 is 0 Å². The summed E-state index contributed by atoms with van der Waals surface area (Å²) in [5, 5.41) is 5.93. The number of nitrogens with one attached hydrogen (secondary N) is 2. The molecule has 0 bridgehead atoms. The first kappa shape index (κ1) is 37.0. The Bertz CT molecular complexity index is 1450. The fourth-order valence-corrected chi connectivity index (χ4v) is 6.78. The summed E-state index contributed by atoms with van der Waals surface area (Å²) in [6.45, 7) is 10.7. The van der Waals surface area contributed by atoms with Crippen LogP contribution in [0.4, 0.5) is 10.5 Å². The van der Waals surface area contributed by atoms with Crippen molar-refractivity contribution in [1.82, 2.24) is 15.1 Å². The molecule has 0 aromatic heterocycles. The summed E-state index contributed by atoms with van der Waals surface area (Å²) in [7, 11) is 0. The number of hydrogen-bond acceptors (Lipinski definition) is 6. The standard InChI is InChI=1S/C37H51N5O5S/c1-5-32(43)39-31(35(45)42-23-21-41(22-24-42)26-28-13-9-8-10-14-28)25-27-17-19-30(20-18-27)38-34(44)33(29-15-11-6-7-12-16-29)48-40-36(46)47-37(2,3)4/h8-10,13-14,17-20,29,31H,5-7,11-12,15-16,21-26H2,1-4H3,(H,38,44)(H,39,43)/t31-/m1/s1. The Labute approximate surface area is 288 Å². The van der Waals surface area contributed by atoms with E-state index in [4.69, 9.17) is 4.74 Å². The molecular formula is C37H51N5O5S. The van der Waals surface area contributed by atoms with E-state index in [0.717, 1.165) is 74.9 Å². The lowest BCUT2D eigenvalue weighted by molar-refractivity contribution is -0.138. The molecule has 48 heavy (non-hydrogen) atoms. The third-order valence-corrected chi connectivity index (χ3v) is 9.56. The highest BCUT2D eigenvalue weighted by atomic mass is 32.1. The van der Waals surface area contributed by atoms with Crippen molar-refractivity contribution in [2.45, 2.75) is 97.2 Å². The molecule has 4 rings (SSSR count). The van der Waals surface area contributed by atoms with Crippen LogP contribution in [0.25, 0.3) is 0 Å². The van der Waals surface area contributed by atoms with Crippen molar-refractivity contribution in [3.8, 4) is 0 Å². The monoisotopic (exact) mass is 677 g/mol. The van der Waals surface area contributed by atoms with Crippen molar-refractivity contribution in [2.24, 2.45) is 10.3 Å². The number of ether oxygens (including phenoxy) is 1. The van der Waals surface area contributed by atoms with Gasteiger partial charge in [-0.25, -0.2) is 4.79 Å². The van der Waals surface area contributed by atoms with E-state index < -0.39 is 17.7 Å². The zero-order valence-electron chi connectivity index (χ0n) is 28.8. The van der Waals surface area contributed by atoms with Gasteiger partial charge in [0.05, 0.1) is 4.86 Å². The Kier molecular flexibility index (Phi) is 13.9. The highest BCUT2D eigenvalue weighted by molar-refractivity contribution is 7.71. The average Bonchev–Trinajstić information content (AvgIpc) is 3.34. The van der Waals surface area contributed by atoms with Crippen LogP contribution in [0, 0.1) is 5.92 Å². The third kappa shape index (κ3) is 12.0. The maximum Gasteiger partial charge on any atom is 0.444 e. The van der Waals surface area contributed by atoms with Gasteiger partial charge in [-0.1, -0.05) is 75.1 Å². The van der Waals surface area contributed by atoms with Gasteiger partial charge in [-0.15, -0.1) is 4.36 Å². The number of rotatable bonds is 10. The maximum absolute atomic E-state index is 13.7. The molecule has 1 saturated heterocycles. The van der Waals surface area contributed by atoms with Crippen LogP contribution in [0.2, 0.25) is 0 Å². The van der Waals surface area contributed by atoms with E-state index in [0.29, 0.717) is 30.1 Å². The molecule has 4 amide bonds. The molecule has 2 fully saturated rings. The van der Waals surface area contributed by atoms with Crippen LogP contribution in [0.1, 0.15) is 83.8 Å². The van der Waals surface area contributed by atoms with Gasteiger partial charge in [0, 0.05) is 57.2 Å². The summed E-state index contributed by atoms with van der Waals surface area (Å²) >= 11 is 0.920. The van der Waals surface area contributed by atoms with Crippen molar-refractivity contribution in [3.63, 3.8) is 0 Å². The van der Waals surface area contributed by atoms with Gasteiger partial charge >= 0.3 is 6.09 Å². The Morgan fingerprint density at radius 3 is 2.15 bits per heavy atom. The summed E-state index contributed by atoms with van der Waals surface area (Å²) in [4.78, 5) is 56.7. The van der Waals surface area contributed by atoms with E-state index in [1.54, 1.807) is 39.8 Å². The summed E-state index contributed by atoms with van der Waals surface area (Å²) in [6, 6.07) is 17.0. The lowest BCUT2D eigenvalue weighted by Crippen LogP contribution is -2.55. The molecule has 2 N–H and O–H groups in total. The molecule has 1 aliphatic carbocycles. The molecule has 1 saturated carbocycles. The van der Waals surface area contributed by atoms with Crippen LogP contribution in [0.5, 0.6) is 0 Å². The lowest BCUT2D eigenvalue weighted by atomic mass is 9.96. The summed E-state index contributed by atoms with van der Waals surface area (Å²) in [5.41, 5.74) is 2.04. The number of anilines is 1. The number of benzene rings is 2. The van der Waals surface area contributed by atoms with Gasteiger partial charge < -0.3 is 20.3 Å². The normalized spacial score (nSPS) is 16.6. The van der Waals surface area contributed by atoms with Crippen LogP contribution < -0.4 is 10.6 Å². The highest BCUT2D eigenvalue weighted by Gasteiger charge is 2.29. The number of nitrogens with zero attached hydrogens (tertiary/aromatic N) is 3. The third-order valence-electron chi connectivity index (χ3n) is 8.60. The number of piperazine rings is 1. The maximum atomic E-state index is 13.7. The number of hydrogen-bond donors (Lipinski definition) is 2. The van der Waals surface area contributed by atoms with Crippen molar-refractivity contribution in [2.75, 3.05) is 31.5 Å². The van der Waals surface area contributed by atoms with E-state index in [1.165, 1.54) is 5.56 Å². The van der Waals surface area contributed by atoms with E-state index in [1.807, 2.05) is 35.2 Å². The Morgan fingerprint density at radius 2 is 1.54 bits per heavy atom. The fourth-order valence-electron chi connectivity index (χ4n) is 6.05. The summed E-state index contributed by atoms with van der Waals surface area (Å²) in [5.74, 6) is -0.503. The highest BCUT2D eigenvalue weighted by Crippen LogP contribution is 2.25. The smallest absolute Gasteiger partial charge is 0.442 e. The molecule has 1 atom stereocenters. The number of amides is 4. The van der Waals surface area contributed by atoms with Crippen LogP contribution in [-0.2, 0) is 43.2 Å². The van der Waals surface area contributed by atoms with Crippen molar-refractivity contribution < 1.29 is 23.9 Å². The Balaban J connectivity index is 1.41. The minimum Gasteiger partial charge on any atom is -0.442 e. The van der Waals surface area contributed by atoms with Crippen LogP contribution in [-0.4, -0.2) is 76.3 Å². The second-order valence-corrected chi connectivity index (χ2v) is 14.4. The molecule has 1 heterocycles. The molecule has 2 aromatic carbocycles. The molecular weight excluding hydrogens is 627 g/mol. The van der Waals surface area contributed by atoms with E-state index in [9.17, 15) is 19.2 Å². The quantitative estimate of drug-likeness (QED) is 0.244. The van der Waals surface area contributed by atoms with Gasteiger partial charge in [0.2, 0.25) is 11.8 Å². The van der Waals surface area contributed by atoms with Gasteiger partial charge in [0.25, 0.3) is 5.91 Å². The molecule has 0 spiro atoms.